The molecule has 0 unspecified atom stereocenters. The molecule has 0 spiro atoms. The largest absolute Gasteiger partial charge is 0.494 e. The van der Waals surface area contributed by atoms with E-state index in [0.717, 1.165) is 17.1 Å². The molecule has 3 aromatic rings. The van der Waals surface area contributed by atoms with Crippen LogP contribution < -0.4 is 15.4 Å². The number of hydrogen-bond donors (Lipinski definition) is 2. The van der Waals surface area contributed by atoms with Gasteiger partial charge in [-0.2, -0.15) is 5.26 Å². The number of nitrogens with one attached hydrogen (secondary N) is 2. The number of anilines is 4. The zero-order valence-electron chi connectivity index (χ0n) is 14.7. The molecule has 6 nitrogen and oxygen atoms in total. The van der Waals surface area contributed by atoms with Gasteiger partial charge in [0.05, 0.1) is 18.2 Å². The van der Waals surface area contributed by atoms with E-state index in [-0.39, 0.29) is 0 Å². The lowest BCUT2D eigenvalue weighted by molar-refractivity contribution is 0.340. The maximum Gasteiger partial charge on any atom is 0.136 e. The quantitative estimate of drug-likeness (QED) is 0.682. The maximum atomic E-state index is 9.01. The Kier molecular flexibility index (Phi) is 5.30. The van der Waals surface area contributed by atoms with E-state index in [2.05, 4.69) is 26.7 Å². The van der Waals surface area contributed by atoms with Crippen LogP contribution in [-0.4, -0.2) is 16.6 Å². The summed E-state index contributed by atoms with van der Waals surface area (Å²) in [7, 11) is 0. The first-order valence-corrected chi connectivity index (χ1v) is 8.29. The molecule has 130 valence electrons. The fraction of sp³-hybridized carbons (Fsp3) is 0.150. The predicted octanol–water partition coefficient (Wildman–Crippen LogP) is 4.54. The summed E-state index contributed by atoms with van der Waals surface area (Å²) in [5.74, 6) is 2.80. The molecule has 3 rings (SSSR count). The van der Waals surface area contributed by atoms with Crippen LogP contribution in [0.5, 0.6) is 5.75 Å². The Bertz CT molecular complexity index is 932. The van der Waals surface area contributed by atoms with Gasteiger partial charge in [-0.3, -0.25) is 0 Å². The Balaban J connectivity index is 1.77. The van der Waals surface area contributed by atoms with Crippen molar-refractivity contribution in [3.8, 4) is 11.8 Å². The number of hydrogen-bond acceptors (Lipinski definition) is 6. The molecule has 0 fully saturated rings. The number of ether oxygens (including phenoxy) is 1. The third-order valence-corrected chi connectivity index (χ3v) is 3.54. The molecule has 0 saturated carbocycles. The van der Waals surface area contributed by atoms with Crippen LogP contribution in [0.4, 0.5) is 23.0 Å². The Labute approximate surface area is 152 Å². The lowest BCUT2D eigenvalue weighted by Crippen LogP contribution is -2.01. The molecule has 0 saturated heterocycles. The summed E-state index contributed by atoms with van der Waals surface area (Å²) in [6, 6.07) is 18.9. The van der Waals surface area contributed by atoms with Gasteiger partial charge in [-0.05, 0) is 56.3 Å². The molecule has 2 N–H and O–H groups in total. The monoisotopic (exact) mass is 345 g/mol. The van der Waals surface area contributed by atoms with Crippen LogP contribution in [-0.2, 0) is 0 Å². The number of aryl methyl sites for hydroxylation is 1. The highest BCUT2D eigenvalue weighted by Gasteiger charge is 2.04. The molecule has 0 aliphatic heterocycles. The van der Waals surface area contributed by atoms with Gasteiger partial charge in [-0.15, -0.1) is 0 Å². The van der Waals surface area contributed by atoms with Crippen LogP contribution in [0.2, 0.25) is 0 Å². The molecule has 26 heavy (non-hydrogen) atoms. The van der Waals surface area contributed by atoms with E-state index in [1.54, 1.807) is 12.1 Å². The lowest BCUT2D eigenvalue weighted by Gasteiger charge is -2.11. The summed E-state index contributed by atoms with van der Waals surface area (Å²) < 4.78 is 5.45. The molecule has 1 aromatic heterocycles. The minimum absolute atomic E-state index is 0.591. The second-order valence-corrected chi connectivity index (χ2v) is 5.59. The van der Waals surface area contributed by atoms with Gasteiger partial charge < -0.3 is 15.4 Å². The predicted molar refractivity (Wildman–Crippen MR) is 102 cm³/mol. The minimum Gasteiger partial charge on any atom is -0.494 e. The van der Waals surface area contributed by atoms with Gasteiger partial charge in [0, 0.05) is 17.4 Å². The number of nitriles is 1. The fourth-order valence-electron chi connectivity index (χ4n) is 2.46. The number of aromatic nitrogens is 2. The van der Waals surface area contributed by atoms with Crippen molar-refractivity contribution in [2.75, 3.05) is 17.2 Å². The Morgan fingerprint density at radius 2 is 1.65 bits per heavy atom. The van der Waals surface area contributed by atoms with Crippen molar-refractivity contribution >= 4 is 23.0 Å². The first-order chi connectivity index (χ1) is 12.7. The highest BCUT2D eigenvalue weighted by molar-refractivity contribution is 5.64. The summed E-state index contributed by atoms with van der Waals surface area (Å²) in [4.78, 5) is 8.82. The van der Waals surface area contributed by atoms with Crippen LogP contribution in [0.3, 0.4) is 0 Å². The van der Waals surface area contributed by atoms with Crippen LogP contribution in [0.25, 0.3) is 0 Å². The molecule has 0 bridgehead atoms. The summed E-state index contributed by atoms with van der Waals surface area (Å²) in [6.07, 6.45) is 0. The molecule has 0 aliphatic rings. The molecule has 0 atom stereocenters. The molecule has 6 heteroatoms. The average Bonchev–Trinajstić information content (AvgIpc) is 2.63. The molecule has 2 aromatic carbocycles. The van der Waals surface area contributed by atoms with Crippen LogP contribution >= 0.6 is 0 Å². The fourth-order valence-corrected chi connectivity index (χ4v) is 2.46. The highest BCUT2D eigenvalue weighted by atomic mass is 16.5. The van der Waals surface area contributed by atoms with Crippen LogP contribution in [0.1, 0.15) is 18.3 Å². The van der Waals surface area contributed by atoms with Gasteiger partial charge in [0.2, 0.25) is 0 Å². The average molecular weight is 345 g/mol. The second-order valence-electron chi connectivity index (χ2n) is 5.59. The molecule has 0 amide bonds. The van der Waals surface area contributed by atoms with E-state index >= 15 is 0 Å². The summed E-state index contributed by atoms with van der Waals surface area (Å²) in [6.45, 7) is 4.43. The summed E-state index contributed by atoms with van der Waals surface area (Å²) >= 11 is 0. The Hall–Kier alpha value is -3.59. The van der Waals surface area contributed by atoms with Crippen molar-refractivity contribution in [3.05, 3.63) is 66.0 Å². The van der Waals surface area contributed by atoms with Crippen molar-refractivity contribution in [2.45, 2.75) is 13.8 Å². The van der Waals surface area contributed by atoms with Crippen molar-refractivity contribution in [3.63, 3.8) is 0 Å². The van der Waals surface area contributed by atoms with Crippen LogP contribution in [0, 0.1) is 18.3 Å². The van der Waals surface area contributed by atoms with Crippen molar-refractivity contribution < 1.29 is 4.74 Å². The van der Waals surface area contributed by atoms with E-state index < -0.39 is 0 Å². The maximum absolute atomic E-state index is 9.01. The zero-order chi connectivity index (χ0) is 18.4. The molecular weight excluding hydrogens is 326 g/mol. The Morgan fingerprint density at radius 3 is 2.31 bits per heavy atom. The lowest BCUT2D eigenvalue weighted by atomic mass is 10.2. The standard InChI is InChI=1S/C20H19N5O/c1-3-26-18-9-7-16(8-10-18)24-19-12-20(23-14(2)22-19)25-17-6-4-5-15(11-17)13-21/h4-12H,3H2,1-2H3,(H2,22,23,24,25). The molecule has 0 aliphatic carbocycles. The first kappa shape index (κ1) is 17.2. The van der Waals surface area contributed by atoms with Gasteiger partial charge >= 0.3 is 0 Å². The number of benzene rings is 2. The number of rotatable bonds is 6. The normalized spacial score (nSPS) is 10.0. The first-order valence-electron chi connectivity index (χ1n) is 8.29. The highest BCUT2D eigenvalue weighted by Crippen LogP contribution is 2.22. The molecule has 0 radical (unpaired) electrons. The van der Waals surface area contributed by atoms with Gasteiger partial charge in [-0.1, -0.05) is 6.07 Å². The third-order valence-electron chi connectivity index (χ3n) is 3.54. The van der Waals surface area contributed by atoms with Crippen LogP contribution in [0.15, 0.2) is 54.6 Å². The summed E-state index contributed by atoms with van der Waals surface area (Å²) in [5, 5.41) is 15.5. The Morgan fingerprint density at radius 1 is 0.962 bits per heavy atom. The van der Waals surface area contributed by atoms with E-state index in [4.69, 9.17) is 10.00 Å². The van der Waals surface area contributed by atoms with E-state index in [9.17, 15) is 0 Å². The van der Waals surface area contributed by atoms with Gasteiger partial charge in [0.25, 0.3) is 0 Å². The van der Waals surface area contributed by atoms with Crippen molar-refractivity contribution in [1.29, 1.82) is 5.26 Å². The number of nitrogens with zero attached hydrogens (tertiary/aromatic N) is 3. The SMILES string of the molecule is CCOc1ccc(Nc2cc(Nc3cccc(C#N)c3)nc(C)n2)cc1. The summed E-state index contributed by atoms with van der Waals surface area (Å²) in [5.41, 5.74) is 2.30. The smallest absolute Gasteiger partial charge is 0.136 e. The molecular formula is C20H19N5O. The van der Waals surface area contributed by atoms with E-state index in [1.807, 2.05) is 56.3 Å². The van der Waals surface area contributed by atoms with Gasteiger partial charge in [-0.25, -0.2) is 9.97 Å². The zero-order valence-corrected chi connectivity index (χ0v) is 14.7. The topological polar surface area (TPSA) is 82.9 Å². The minimum atomic E-state index is 0.591. The molecule has 1 heterocycles. The van der Waals surface area contributed by atoms with Crippen molar-refractivity contribution in [1.82, 2.24) is 9.97 Å². The van der Waals surface area contributed by atoms with Gasteiger partial charge in [0.15, 0.2) is 0 Å². The second kappa shape index (κ2) is 7.99. The van der Waals surface area contributed by atoms with Gasteiger partial charge in [0.1, 0.15) is 23.2 Å². The van der Waals surface area contributed by atoms with E-state index in [0.29, 0.717) is 29.6 Å². The third kappa shape index (κ3) is 4.48. The van der Waals surface area contributed by atoms with Crippen molar-refractivity contribution in [2.24, 2.45) is 0 Å². The van der Waals surface area contributed by atoms with E-state index in [1.165, 1.54) is 0 Å².